The smallest absolute Gasteiger partial charge is 0.115 e. The van der Waals surface area contributed by atoms with E-state index in [4.69, 9.17) is 0 Å². The first kappa shape index (κ1) is 9.35. The van der Waals surface area contributed by atoms with E-state index in [2.05, 4.69) is 15.6 Å². The van der Waals surface area contributed by atoms with Crippen LogP contribution in [0.2, 0.25) is 0 Å². The van der Waals surface area contributed by atoms with Gasteiger partial charge in [0.25, 0.3) is 0 Å². The van der Waals surface area contributed by atoms with Gasteiger partial charge in [-0.2, -0.15) is 0 Å². The standard InChI is InChI=1S/C11H12N4O/c16-9-3-1-8(2-4-9)15-11-5-6-12-7-10(11)13-14-15/h1-4,12,16H,5-7H2. The summed E-state index contributed by atoms with van der Waals surface area (Å²) in [6, 6.07) is 6.99. The molecule has 16 heavy (non-hydrogen) atoms. The van der Waals surface area contributed by atoms with Gasteiger partial charge in [0.05, 0.1) is 11.4 Å². The molecule has 5 heteroatoms. The summed E-state index contributed by atoms with van der Waals surface area (Å²) in [6.45, 7) is 1.74. The van der Waals surface area contributed by atoms with Gasteiger partial charge >= 0.3 is 0 Å². The van der Waals surface area contributed by atoms with Crippen molar-refractivity contribution in [2.24, 2.45) is 0 Å². The number of phenols is 1. The first-order valence-electron chi connectivity index (χ1n) is 5.28. The van der Waals surface area contributed by atoms with Gasteiger partial charge < -0.3 is 10.4 Å². The van der Waals surface area contributed by atoms with Crippen LogP contribution in [-0.4, -0.2) is 26.6 Å². The summed E-state index contributed by atoms with van der Waals surface area (Å²) in [4.78, 5) is 0. The number of aromatic hydroxyl groups is 1. The Morgan fingerprint density at radius 3 is 2.88 bits per heavy atom. The van der Waals surface area contributed by atoms with Crippen LogP contribution in [0.15, 0.2) is 24.3 Å². The maximum Gasteiger partial charge on any atom is 0.115 e. The summed E-state index contributed by atoms with van der Waals surface area (Å²) in [6.07, 6.45) is 0.934. The predicted molar refractivity (Wildman–Crippen MR) is 58.4 cm³/mol. The lowest BCUT2D eigenvalue weighted by atomic mass is 10.2. The number of benzene rings is 1. The molecule has 0 fully saturated rings. The average Bonchev–Trinajstić information content (AvgIpc) is 2.74. The van der Waals surface area contributed by atoms with Crippen LogP contribution in [-0.2, 0) is 13.0 Å². The molecular formula is C11H12N4O. The fraction of sp³-hybridized carbons (Fsp3) is 0.273. The third-order valence-electron chi connectivity index (χ3n) is 2.77. The summed E-state index contributed by atoms with van der Waals surface area (Å²) in [5, 5.41) is 20.8. The van der Waals surface area contributed by atoms with Gasteiger partial charge in [-0.15, -0.1) is 5.10 Å². The van der Waals surface area contributed by atoms with Gasteiger partial charge in [-0.3, -0.25) is 0 Å². The molecule has 0 atom stereocenters. The van der Waals surface area contributed by atoms with Gasteiger partial charge in [0.2, 0.25) is 0 Å². The fourth-order valence-corrected chi connectivity index (χ4v) is 1.94. The SMILES string of the molecule is Oc1ccc(-n2nnc3c2CCNC3)cc1. The molecule has 3 rings (SSSR count). The quantitative estimate of drug-likeness (QED) is 0.733. The molecule has 2 N–H and O–H groups in total. The van der Waals surface area contributed by atoms with Gasteiger partial charge in [-0.1, -0.05) is 5.21 Å². The Labute approximate surface area is 92.7 Å². The number of nitrogens with one attached hydrogen (secondary N) is 1. The second-order valence-electron chi connectivity index (χ2n) is 3.84. The highest BCUT2D eigenvalue weighted by Gasteiger charge is 2.16. The summed E-state index contributed by atoms with van der Waals surface area (Å²) in [7, 11) is 0. The van der Waals surface area contributed by atoms with Crippen LogP contribution < -0.4 is 5.32 Å². The van der Waals surface area contributed by atoms with Crippen molar-refractivity contribution in [3.8, 4) is 11.4 Å². The Kier molecular flexibility index (Phi) is 2.11. The maximum absolute atomic E-state index is 9.24. The molecule has 5 nitrogen and oxygen atoms in total. The van der Waals surface area contributed by atoms with Crippen molar-refractivity contribution < 1.29 is 5.11 Å². The van der Waals surface area contributed by atoms with E-state index in [1.54, 1.807) is 12.1 Å². The molecule has 0 amide bonds. The zero-order valence-electron chi connectivity index (χ0n) is 8.72. The maximum atomic E-state index is 9.24. The van der Waals surface area contributed by atoms with E-state index >= 15 is 0 Å². The van der Waals surface area contributed by atoms with Gasteiger partial charge in [0.1, 0.15) is 11.4 Å². The molecule has 1 aromatic heterocycles. The third-order valence-corrected chi connectivity index (χ3v) is 2.77. The van der Waals surface area contributed by atoms with Crippen LogP contribution in [0, 0.1) is 0 Å². The second kappa shape index (κ2) is 3.61. The molecule has 0 saturated heterocycles. The summed E-state index contributed by atoms with van der Waals surface area (Å²) in [5.41, 5.74) is 3.11. The number of aromatic nitrogens is 3. The molecular weight excluding hydrogens is 204 g/mol. The Morgan fingerprint density at radius 2 is 2.06 bits per heavy atom. The van der Waals surface area contributed by atoms with E-state index in [1.165, 1.54) is 0 Å². The lowest BCUT2D eigenvalue weighted by molar-refractivity contribution is 0.475. The number of hydrogen-bond acceptors (Lipinski definition) is 4. The van der Waals surface area contributed by atoms with Crippen molar-refractivity contribution >= 4 is 0 Å². The van der Waals surface area contributed by atoms with Crippen molar-refractivity contribution in [3.05, 3.63) is 35.7 Å². The van der Waals surface area contributed by atoms with Gasteiger partial charge in [0.15, 0.2) is 0 Å². The zero-order chi connectivity index (χ0) is 11.0. The first-order chi connectivity index (χ1) is 7.84. The van der Waals surface area contributed by atoms with Gasteiger partial charge in [-0.25, -0.2) is 4.68 Å². The molecule has 0 aliphatic carbocycles. The fourth-order valence-electron chi connectivity index (χ4n) is 1.94. The largest absolute Gasteiger partial charge is 0.508 e. The molecule has 2 aromatic rings. The van der Waals surface area contributed by atoms with Crippen molar-refractivity contribution in [1.29, 1.82) is 0 Å². The monoisotopic (exact) mass is 216 g/mol. The molecule has 0 unspecified atom stereocenters. The van der Waals surface area contributed by atoms with Crippen LogP contribution in [0.4, 0.5) is 0 Å². The number of hydrogen-bond donors (Lipinski definition) is 2. The molecule has 0 saturated carbocycles. The minimum absolute atomic E-state index is 0.263. The van der Waals surface area contributed by atoms with Crippen molar-refractivity contribution in [1.82, 2.24) is 20.3 Å². The second-order valence-corrected chi connectivity index (χ2v) is 3.84. The highest BCUT2D eigenvalue weighted by Crippen LogP contribution is 2.18. The van der Waals surface area contributed by atoms with E-state index in [9.17, 15) is 5.11 Å². The van der Waals surface area contributed by atoms with Crippen LogP contribution in [0.25, 0.3) is 5.69 Å². The molecule has 0 bridgehead atoms. The van der Waals surface area contributed by atoms with Crippen LogP contribution in [0.5, 0.6) is 5.75 Å². The van der Waals surface area contributed by atoms with Crippen LogP contribution >= 0.6 is 0 Å². The van der Waals surface area contributed by atoms with E-state index in [-0.39, 0.29) is 5.75 Å². The van der Waals surface area contributed by atoms with E-state index in [1.807, 2.05) is 16.8 Å². The van der Waals surface area contributed by atoms with E-state index in [0.29, 0.717) is 0 Å². The number of fused-ring (bicyclic) bond motifs is 1. The van der Waals surface area contributed by atoms with Crippen molar-refractivity contribution in [3.63, 3.8) is 0 Å². The van der Waals surface area contributed by atoms with Gasteiger partial charge in [0, 0.05) is 19.5 Å². The average molecular weight is 216 g/mol. The molecule has 1 aliphatic heterocycles. The Morgan fingerprint density at radius 1 is 1.25 bits per heavy atom. The Hall–Kier alpha value is -1.88. The number of rotatable bonds is 1. The molecule has 2 heterocycles. The highest BCUT2D eigenvalue weighted by molar-refractivity contribution is 5.38. The van der Waals surface area contributed by atoms with Crippen molar-refractivity contribution in [2.75, 3.05) is 6.54 Å². The topological polar surface area (TPSA) is 63.0 Å². The lowest BCUT2D eigenvalue weighted by Crippen LogP contribution is -2.24. The minimum atomic E-state index is 0.263. The number of nitrogens with zero attached hydrogens (tertiary/aromatic N) is 3. The van der Waals surface area contributed by atoms with E-state index in [0.717, 1.165) is 36.6 Å². The van der Waals surface area contributed by atoms with Gasteiger partial charge in [-0.05, 0) is 24.3 Å². The molecule has 1 aromatic carbocycles. The van der Waals surface area contributed by atoms with E-state index < -0.39 is 0 Å². The predicted octanol–water partition coefficient (Wildman–Crippen LogP) is 0.619. The first-order valence-corrected chi connectivity index (χ1v) is 5.28. The third kappa shape index (κ3) is 1.45. The Balaban J connectivity index is 2.06. The zero-order valence-corrected chi connectivity index (χ0v) is 8.72. The number of phenolic OH excluding ortho intramolecular Hbond substituents is 1. The van der Waals surface area contributed by atoms with Crippen LogP contribution in [0.1, 0.15) is 11.4 Å². The highest BCUT2D eigenvalue weighted by atomic mass is 16.3. The van der Waals surface area contributed by atoms with Crippen molar-refractivity contribution in [2.45, 2.75) is 13.0 Å². The molecule has 0 spiro atoms. The summed E-state index contributed by atoms with van der Waals surface area (Å²) < 4.78 is 1.84. The minimum Gasteiger partial charge on any atom is -0.508 e. The molecule has 0 radical (unpaired) electrons. The normalized spacial score (nSPS) is 14.8. The lowest BCUT2D eigenvalue weighted by Gasteiger charge is -2.13. The summed E-state index contributed by atoms with van der Waals surface area (Å²) in [5.74, 6) is 0.263. The van der Waals surface area contributed by atoms with Crippen LogP contribution in [0.3, 0.4) is 0 Å². The molecule has 1 aliphatic rings. The Bertz CT molecular complexity index is 503. The summed E-state index contributed by atoms with van der Waals surface area (Å²) >= 11 is 0. The molecule has 82 valence electrons.